The van der Waals surface area contributed by atoms with Gasteiger partial charge in [-0.05, 0) is 25.7 Å². The summed E-state index contributed by atoms with van der Waals surface area (Å²) in [7, 11) is 0. The van der Waals surface area contributed by atoms with Gasteiger partial charge in [0.05, 0.1) is 45.1 Å². The van der Waals surface area contributed by atoms with Crippen LogP contribution in [0.2, 0.25) is 0 Å². The number of nitriles is 1. The Labute approximate surface area is 186 Å². The van der Waals surface area contributed by atoms with Gasteiger partial charge in [-0.1, -0.05) is 0 Å². The molecule has 4 aliphatic heterocycles. The van der Waals surface area contributed by atoms with Gasteiger partial charge in [-0.2, -0.15) is 10.7 Å². The first-order valence-electron chi connectivity index (χ1n) is 12.9. The number of ether oxygens (including phenoxy) is 1. The Morgan fingerprint density at radius 1 is 1.10 bits per heavy atom. The molecule has 1 aliphatic carbocycles. The summed E-state index contributed by atoms with van der Waals surface area (Å²) in [6.07, 6.45) is 10.7. The van der Waals surface area contributed by atoms with Crippen molar-refractivity contribution in [3.05, 3.63) is 0 Å². The fraction of sp³-hybridized carbons (Fsp3) is 0.957. The zero-order chi connectivity index (χ0) is 21.0. The standard InChI is InChI=1S/C23H40N6O2/c24-15-17-3-5-18(6-4-17)16-29-9-1-2-20(29)23-26-22(27-31-23)19-7-8-25-21(14-19)28-10-12-30-13-11-28/h17-23,25-27H,1-14,16H2/p+2/t17?,18?,19?,20-,21?,22?,23?/m0/s1. The molecule has 5 rings (SSSR count). The van der Waals surface area contributed by atoms with E-state index in [1.807, 2.05) is 0 Å². The molecule has 4 heterocycles. The van der Waals surface area contributed by atoms with Crippen LogP contribution in [0.4, 0.5) is 0 Å². The third kappa shape index (κ3) is 5.25. The van der Waals surface area contributed by atoms with E-state index >= 15 is 0 Å². The maximum Gasteiger partial charge on any atom is 0.183 e. The van der Waals surface area contributed by atoms with E-state index in [1.165, 1.54) is 58.2 Å². The van der Waals surface area contributed by atoms with Crippen molar-refractivity contribution in [1.29, 1.82) is 5.26 Å². The van der Waals surface area contributed by atoms with Crippen molar-refractivity contribution in [3.63, 3.8) is 0 Å². The number of likely N-dealkylation sites (tertiary alicyclic amines) is 1. The Balaban J connectivity index is 1.11. The number of rotatable bonds is 5. The second-order valence-corrected chi connectivity index (χ2v) is 10.5. The minimum Gasteiger partial charge on any atom is -0.379 e. The number of morpholine rings is 1. The molecule has 5 fully saturated rings. The fourth-order valence-electron chi connectivity index (χ4n) is 6.78. The molecule has 0 bridgehead atoms. The maximum absolute atomic E-state index is 9.17. The molecular formula is C23H42N6O2+2. The van der Waals surface area contributed by atoms with Gasteiger partial charge in [0, 0.05) is 56.5 Å². The van der Waals surface area contributed by atoms with E-state index in [9.17, 15) is 5.26 Å². The Hall–Kier alpha value is -0.790. The minimum absolute atomic E-state index is 0.130. The van der Waals surface area contributed by atoms with Gasteiger partial charge < -0.3 is 15.0 Å². The van der Waals surface area contributed by atoms with Crippen molar-refractivity contribution in [1.82, 2.24) is 15.7 Å². The van der Waals surface area contributed by atoms with Gasteiger partial charge in [0.25, 0.3) is 0 Å². The van der Waals surface area contributed by atoms with Crippen molar-refractivity contribution in [2.45, 2.75) is 76.0 Å². The van der Waals surface area contributed by atoms with Crippen LogP contribution in [0.5, 0.6) is 0 Å². The quantitative estimate of drug-likeness (QED) is 0.433. The van der Waals surface area contributed by atoms with Crippen LogP contribution in [0, 0.1) is 29.1 Å². The summed E-state index contributed by atoms with van der Waals surface area (Å²) < 4.78 is 5.55. The lowest BCUT2D eigenvalue weighted by Crippen LogP contribution is -3.15. The smallest absolute Gasteiger partial charge is 0.183 e. The number of hydroxylamine groups is 1. The zero-order valence-electron chi connectivity index (χ0n) is 18.9. The Morgan fingerprint density at radius 3 is 2.74 bits per heavy atom. The van der Waals surface area contributed by atoms with E-state index in [2.05, 4.69) is 27.1 Å². The number of hydrogen-bond acceptors (Lipinski definition) is 6. The second kappa shape index (κ2) is 10.4. The summed E-state index contributed by atoms with van der Waals surface area (Å²) in [5, 5.41) is 15.6. The molecule has 5 aliphatic rings. The third-order valence-corrected chi connectivity index (χ3v) is 8.66. The van der Waals surface area contributed by atoms with Crippen LogP contribution >= 0.6 is 0 Å². The molecule has 174 valence electrons. The molecule has 0 amide bonds. The predicted molar refractivity (Wildman–Crippen MR) is 115 cm³/mol. The van der Waals surface area contributed by atoms with Gasteiger partial charge >= 0.3 is 0 Å². The molecule has 8 nitrogen and oxygen atoms in total. The lowest BCUT2D eigenvalue weighted by Gasteiger charge is -2.38. The third-order valence-electron chi connectivity index (χ3n) is 8.66. The molecule has 0 aromatic rings. The molecule has 0 aromatic heterocycles. The number of piperidine rings is 1. The summed E-state index contributed by atoms with van der Waals surface area (Å²) in [5.74, 6) is 1.71. The largest absolute Gasteiger partial charge is 0.379 e. The van der Waals surface area contributed by atoms with Crippen molar-refractivity contribution in [3.8, 4) is 6.07 Å². The minimum atomic E-state index is 0.130. The number of nitrogens with two attached hydrogens (primary N) is 1. The Bertz CT molecular complexity index is 616. The number of nitrogens with one attached hydrogen (secondary N) is 3. The van der Waals surface area contributed by atoms with Gasteiger partial charge in [0.15, 0.2) is 6.23 Å². The summed E-state index contributed by atoms with van der Waals surface area (Å²) >= 11 is 0. The average Bonchev–Trinajstić information content (AvgIpc) is 3.50. The molecule has 0 aromatic carbocycles. The lowest BCUT2D eigenvalue weighted by molar-refractivity contribution is -0.919. The first-order chi connectivity index (χ1) is 15.3. The highest BCUT2D eigenvalue weighted by molar-refractivity contribution is 4.88. The van der Waals surface area contributed by atoms with Gasteiger partial charge in [-0.25, -0.2) is 4.90 Å². The number of quaternary nitrogens is 2. The van der Waals surface area contributed by atoms with Crippen LogP contribution < -0.4 is 21.0 Å². The van der Waals surface area contributed by atoms with Crippen molar-refractivity contribution < 1.29 is 19.8 Å². The topological polar surface area (TPSA) is 90.6 Å². The highest BCUT2D eigenvalue weighted by Gasteiger charge is 2.45. The molecule has 31 heavy (non-hydrogen) atoms. The summed E-state index contributed by atoms with van der Waals surface area (Å²) in [6, 6.07) is 3.03. The molecule has 1 saturated carbocycles. The molecule has 0 spiro atoms. The molecule has 8 heteroatoms. The van der Waals surface area contributed by atoms with Crippen molar-refractivity contribution >= 4 is 0 Å². The van der Waals surface area contributed by atoms with Crippen LogP contribution in [-0.2, 0) is 9.57 Å². The predicted octanol–water partition coefficient (Wildman–Crippen LogP) is -1.23. The van der Waals surface area contributed by atoms with Gasteiger partial charge in [0.2, 0.25) is 0 Å². The van der Waals surface area contributed by atoms with Crippen LogP contribution in [0.3, 0.4) is 0 Å². The highest BCUT2D eigenvalue weighted by Crippen LogP contribution is 2.28. The van der Waals surface area contributed by atoms with Crippen LogP contribution in [0.1, 0.15) is 51.4 Å². The number of nitrogens with zero attached hydrogens (tertiary/aromatic N) is 2. The highest BCUT2D eigenvalue weighted by atomic mass is 16.7. The van der Waals surface area contributed by atoms with Crippen molar-refractivity contribution in [2.24, 2.45) is 17.8 Å². The van der Waals surface area contributed by atoms with Gasteiger partial charge in [0.1, 0.15) is 12.2 Å². The first-order valence-corrected chi connectivity index (χ1v) is 12.9. The van der Waals surface area contributed by atoms with Gasteiger partial charge in [-0.15, -0.1) is 0 Å². The monoisotopic (exact) mass is 434 g/mol. The average molecular weight is 435 g/mol. The van der Waals surface area contributed by atoms with Crippen LogP contribution in [0.15, 0.2) is 0 Å². The Kier molecular flexibility index (Phi) is 7.41. The van der Waals surface area contributed by atoms with Gasteiger partial charge in [-0.3, -0.25) is 10.2 Å². The van der Waals surface area contributed by atoms with E-state index in [4.69, 9.17) is 9.57 Å². The maximum atomic E-state index is 9.17. The Morgan fingerprint density at radius 2 is 1.94 bits per heavy atom. The fourth-order valence-corrected chi connectivity index (χ4v) is 6.78. The zero-order valence-corrected chi connectivity index (χ0v) is 18.9. The van der Waals surface area contributed by atoms with E-state index in [0.717, 1.165) is 45.1 Å². The summed E-state index contributed by atoms with van der Waals surface area (Å²) in [6.45, 7) is 7.60. The van der Waals surface area contributed by atoms with E-state index in [-0.39, 0.29) is 12.4 Å². The van der Waals surface area contributed by atoms with Crippen LogP contribution in [-0.4, -0.2) is 75.4 Å². The first kappa shape index (κ1) is 22.0. The molecule has 0 radical (unpaired) electrons. The normalized spacial score (nSPS) is 44.9. The molecule has 5 unspecified atom stereocenters. The van der Waals surface area contributed by atoms with E-state index < -0.39 is 0 Å². The molecular weight excluding hydrogens is 392 g/mol. The molecule has 5 N–H and O–H groups in total. The SMILES string of the molecule is N#CC1CCC(C[NH+]2CCC[C@H]2C2NC(C3CC[NH2+]C(N4CCOCC4)C3)NO2)CC1. The number of hydrogen-bond donors (Lipinski definition) is 4. The molecule has 4 saturated heterocycles. The lowest BCUT2D eigenvalue weighted by atomic mass is 9.82. The molecule has 6 atom stereocenters. The summed E-state index contributed by atoms with van der Waals surface area (Å²) in [5.41, 5.74) is 3.40. The van der Waals surface area contributed by atoms with E-state index in [1.54, 1.807) is 4.90 Å². The summed E-state index contributed by atoms with van der Waals surface area (Å²) in [4.78, 5) is 10.5. The van der Waals surface area contributed by atoms with Crippen molar-refractivity contribution in [2.75, 3.05) is 45.9 Å². The van der Waals surface area contributed by atoms with Crippen LogP contribution in [0.25, 0.3) is 0 Å². The van der Waals surface area contributed by atoms with E-state index in [0.29, 0.717) is 24.0 Å². The second-order valence-electron chi connectivity index (χ2n) is 10.5.